The fraction of sp³-hybridized carbons (Fsp3) is 0.533. The zero-order valence-electron chi connectivity index (χ0n) is 11.7. The Bertz CT molecular complexity index is 442. The first-order valence-electron chi connectivity index (χ1n) is 6.67. The molecule has 2 atom stereocenters. The van der Waals surface area contributed by atoms with Gasteiger partial charge >= 0.3 is 5.97 Å². The monoisotopic (exact) mass is 263 g/mol. The molecule has 1 fully saturated rings. The Labute approximate surface area is 113 Å². The number of rotatable bonds is 2. The molecule has 1 aliphatic rings. The molecule has 104 valence electrons. The Morgan fingerprint density at radius 3 is 2.47 bits per heavy atom. The number of carbonyl (C=O) groups excluding carboxylic acids is 1. The van der Waals surface area contributed by atoms with Crippen molar-refractivity contribution in [2.75, 3.05) is 5.73 Å². The van der Waals surface area contributed by atoms with E-state index in [4.69, 9.17) is 15.2 Å². The molecule has 0 radical (unpaired) electrons. The first kappa shape index (κ1) is 13.9. The molecular formula is C15H21NO3. The molecule has 1 aromatic rings. The van der Waals surface area contributed by atoms with Crippen LogP contribution in [-0.4, -0.2) is 24.3 Å². The number of anilines is 1. The highest BCUT2D eigenvalue weighted by Gasteiger charge is 2.27. The minimum atomic E-state index is -0.304. The number of nitrogen functional groups attached to an aromatic ring is 1. The molecule has 4 nitrogen and oxygen atoms in total. The van der Waals surface area contributed by atoms with Gasteiger partial charge in [0, 0.05) is 18.5 Å². The third-order valence-corrected chi connectivity index (χ3v) is 3.26. The standard InChI is InChI=1S/C15H21NO3/c1-9-4-12(8-13(16)5-9)15(17)19-14-6-10(2)18-11(3)7-14/h4-5,8,10-11,14H,6-7,16H2,1-3H3. The van der Waals surface area contributed by atoms with E-state index >= 15 is 0 Å². The van der Waals surface area contributed by atoms with Gasteiger partial charge in [0.05, 0.1) is 17.8 Å². The molecule has 19 heavy (non-hydrogen) atoms. The van der Waals surface area contributed by atoms with Crippen molar-refractivity contribution in [2.45, 2.75) is 51.9 Å². The molecule has 2 unspecified atom stereocenters. The number of nitrogens with two attached hydrogens (primary N) is 1. The molecule has 2 N–H and O–H groups in total. The van der Waals surface area contributed by atoms with Crippen LogP contribution in [0.5, 0.6) is 0 Å². The molecule has 0 bridgehead atoms. The first-order valence-corrected chi connectivity index (χ1v) is 6.67. The predicted molar refractivity (Wildman–Crippen MR) is 74.0 cm³/mol. The zero-order chi connectivity index (χ0) is 14.0. The average molecular weight is 263 g/mol. The van der Waals surface area contributed by atoms with E-state index in [2.05, 4.69) is 0 Å². The maximum atomic E-state index is 12.1. The minimum absolute atomic E-state index is 0.0759. The van der Waals surface area contributed by atoms with E-state index in [-0.39, 0.29) is 24.3 Å². The van der Waals surface area contributed by atoms with Gasteiger partial charge in [-0.25, -0.2) is 4.79 Å². The van der Waals surface area contributed by atoms with Crippen molar-refractivity contribution >= 4 is 11.7 Å². The SMILES string of the molecule is Cc1cc(N)cc(C(=O)OC2CC(C)OC(C)C2)c1. The summed E-state index contributed by atoms with van der Waals surface area (Å²) in [5.74, 6) is -0.304. The lowest BCUT2D eigenvalue weighted by Gasteiger charge is -2.31. The summed E-state index contributed by atoms with van der Waals surface area (Å²) in [5.41, 5.74) is 7.81. The molecule has 0 saturated carbocycles. The zero-order valence-corrected chi connectivity index (χ0v) is 11.7. The van der Waals surface area contributed by atoms with Gasteiger partial charge in [-0.1, -0.05) is 0 Å². The number of ether oxygens (including phenoxy) is 2. The molecule has 1 aromatic carbocycles. The summed E-state index contributed by atoms with van der Waals surface area (Å²) in [6.45, 7) is 5.91. The predicted octanol–water partition coefficient (Wildman–Crippen LogP) is 2.69. The van der Waals surface area contributed by atoms with Crippen LogP contribution in [0.1, 0.15) is 42.6 Å². The van der Waals surface area contributed by atoms with Gasteiger partial charge in [0.15, 0.2) is 0 Å². The largest absolute Gasteiger partial charge is 0.459 e. The Balaban J connectivity index is 2.04. The summed E-state index contributed by atoms with van der Waals surface area (Å²) in [4.78, 5) is 12.1. The number of esters is 1. The van der Waals surface area contributed by atoms with Gasteiger partial charge in [-0.05, 0) is 44.5 Å². The fourth-order valence-electron chi connectivity index (χ4n) is 2.59. The van der Waals surface area contributed by atoms with Crippen LogP contribution >= 0.6 is 0 Å². The van der Waals surface area contributed by atoms with E-state index in [1.807, 2.05) is 26.8 Å². The number of hydrogen-bond donors (Lipinski definition) is 1. The van der Waals surface area contributed by atoms with E-state index in [1.165, 1.54) is 0 Å². The minimum Gasteiger partial charge on any atom is -0.459 e. The van der Waals surface area contributed by atoms with Crippen molar-refractivity contribution in [2.24, 2.45) is 0 Å². The highest BCUT2D eigenvalue weighted by molar-refractivity contribution is 5.90. The van der Waals surface area contributed by atoms with Gasteiger partial charge in [0.2, 0.25) is 0 Å². The summed E-state index contributed by atoms with van der Waals surface area (Å²) >= 11 is 0. The highest BCUT2D eigenvalue weighted by Crippen LogP contribution is 2.23. The van der Waals surface area contributed by atoms with E-state index < -0.39 is 0 Å². The molecule has 0 aromatic heterocycles. The van der Waals surface area contributed by atoms with Crippen molar-refractivity contribution in [1.29, 1.82) is 0 Å². The van der Waals surface area contributed by atoms with Gasteiger partial charge in [-0.15, -0.1) is 0 Å². The second kappa shape index (κ2) is 5.61. The lowest BCUT2D eigenvalue weighted by Crippen LogP contribution is -2.35. The summed E-state index contributed by atoms with van der Waals surface area (Å²) < 4.78 is 11.2. The van der Waals surface area contributed by atoms with E-state index in [0.29, 0.717) is 11.3 Å². The third-order valence-electron chi connectivity index (χ3n) is 3.26. The lowest BCUT2D eigenvalue weighted by molar-refractivity contribution is -0.0855. The second-order valence-corrected chi connectivity index (χ2v) is 5.39. The van der Waals surface area contributed by atoms with Gasteiger partial charge in [-0.2, -0.15) is 0 Å². The van der Waals surface area contributed by atoms with Gasteiger partial charge in [0.25, 0.3) is 0 Å². The molecule has 0 spiro atoms. The summed E-state index contributed by atoms with van der Waals surface area (Å²) in [6.07, 6.45) is 1.68. The third kappa shape index (κ3) is 3.70. The Hall–Kier alpha value is -1.55. The van der Waals surface area contributed by atoms with E-state index in [1.54, 1.807) is 12.1 Å². The van der Waals surface area contributed by atoms with Crippen molar-refractivity contribution in [3.63, 3.8) is 0 Å². The first-order chi connectivity index (χ1) is 8.94. The van der Waals surface area contributed by atoms with Gasteiger partial charge in [-0.3, -0.25) is 0 Å². The molecule has 0 amide bonds. The highest BCUT2D eigenvalue weighted by atomic mass is 16.6. The van der Waals surface area contributed by atoms with Crippen LogP contribution in [0, 0.1) is 6.92 Å². The Morgan fingerprint density at radius 2 is 1.89 bits per heavy atom. The number of aryl methyl sites for hydroxylation is 1. The molecule has 1 saturated heterocycles. The lowest BCUT2D eigenvalue weighted by atomic mass is 10.0. The molecule has 0 aliphatic carbocycles. The quantitative estimate of drug-likeness (QED) is 0.658. The van der Waals surface area contributed by atoms with Crippen molar-refractivity contribution in [1.82, 2.24) is 0 Å². The Kier molecular flexibility index (Phi) is 4.10. The normalized spacial score (nSPS) is 27.0. The van der Waals surface area contributed by atoms with Crippen LogP contribution in [0.2, 0.25) is 0 Å². The maximum absolute atomic E-state index is 12.1. The number of carbonyl (C=O) groups is 1. The number of hydrogen-bond acceptors (Lipinski definition) is 4. The summed E-state index contributed by atoms with van der Waals surface area (Å²) in [6, 6.07) is 5.28. The van der Waals surface area contributed by atoms with E-state index in [0.717, 1.165) is 18.4 Å². The van der Waals surface area contributed by atoms with Crippen LogP contribution in [0.4, 0.5) is 5.69 Å². The summed E-state index contributed by atoms with van der Waals surface area (Å²) in [7, 11) is 0. The fourth-order valence-corrected chi connectivity index (χ4v) is 2.59. The molecular weight excluding hydrogens is 242 g/mol. The van der Waals surface area contributed by atoms with Crippen LogP contribution in [-0.2, 0) is 9.47 Å². The van der Waals surface area contributed by atoms with Crippen molar-refractivity contribution in [3.8, 4) is 0 Å². The Morgan fingerprint density at radius 1 is 1.26 bits per heavy atom. The van der Waals surface area contributed by atoms with Gasteiger partial charge in [0.1, 0.15) is 6.10 Å². The summed E-state index contributed by atoms with van der Waals surface area (Å²) in [5, 5.41) is 0. The average Bonchev–Trinajstić information content (AvgIpc) is 2.25. The molecule has 4 heteroatoms. The maximum Gasteiger partial charge on any atom is 0.338 e. The van der Waals surface area contributed by atoms with Crippen molar-refractivity contribution < 1.29 is 14.3 Å². The van der Waals surface area contributed by atoms with Gasteiger partial charge < -0.3 is 15.2 Å². The van der Waals surface area contributed by atoms with Crippen LogP contribution in [0.25, 0.3) is 0 Å². The van der Waals surface area contributed by atoms with Crippen molar-refractivity contribution in [3.05, 3.63) is 29.3 Å². The van der Waals surface area contributed by atoms with Crippen LogP contribution < -0.4 is 5.73 Å². The second-order valence-electron chi connectivity index (χ2n) is 5.39. The molecule has 2 rings (SSSR count). The van der Waals surface area contributed by atoms with Crippen LogP contribution in [0.3, 0.4) is 0 Å². The molecule has 1 heterocycles. The molecule has 1 aliphatic heterocycles. The van der Waals surface area contributed by atoms with E-state index in [9.17, 15) is 4.79 Å². The number of benzene rings is 1. The van der Waals surface area contributed by atoms with Crippen LogP contribution in [0.15, 0.2) is 18.2 Å². The smallest absolute Gasteiger partial charge is 0.338 e. The topological polar surface area (TPSA) is 61.6 Å².